The molecular weight excluding hydrogens is 551 g/mol. The van der Waals surface area contributed by atoms with Gasteiger partial charge in [-0.05, 0) is 74.9 Å². The fourth-order valence-electron chi connectivity index (χ4n) is 9.41. The van der Waals surface area contributed by atoms with Crippen molar-refractivity contribution in [3.8, 4) is 11.8 Å². The maximum absolute atomic E-state index is 13.9. The van der Waals surface area contributed by atoms with Crippen LogP contribution in [0.4, 0.5) is 19.0 Å². The highest BCUT2D eigenvalue weighted by Gasteiger charge is 3.03. The summed E-state index contributed by atoms with van der Waals surface area (Å²) in [7, 11) is 0. The maximum Gasteiger partial charge on any atom is 0.395 e. The molecule has 0 amide bonds. The molecule has 4 heterocycles. The number of aryl methyl sites for hydroxylation is 1. The molecule has 0 N–H and O–H groups in total. The van der Waals surface area contributed by atoms with Crippen LogP contribution in [0.1, 0.15) is 66.5 Å². The second kappa shape index (κ2) is 7.24. The molecule has 3 unspecified atom stereocenters. The molecule has 9 rings (SSSR count). The highest BCUT2D eigenvalue weighted by Crippen LogP contribution is 3.00. The van der Waals surface area contributed by atoms with Gasteiger partial charge in [-0.15, -0.1) is 10.2 Å². The first kappa shape index (κ1) is 24.4. The van der Waals surface area contributed by atoms with Crippen LogP contribution < -0.4 is 4.90 Å². The first-order valence-electron chi connectivity index (χ1n) is 14.2. The van der Waals surface area contributed by atoms with E-state index in [0.29, 0.717) is 30.1 Å². The molecule has 2 aliphatic heterocycles. The van der Waals surface area contributed by atoms with Gasteiger partial charge in [0.1, 0.15) is 17.7 Å². The summed E-state index contributed by atoms with van der Waals surface area (Å²) in [5.41, 5.74) is 1.12. The lowest BCUT2D eigenvalue weighted by Gasteiger charge is -2.59. The Morgan fingerprint density at radius 3 is 2.54 bits per heavy atom. The van der Waals surface area contributed by atoms with Gasteiger partial charge in [-0.3, -0.25) is 9.47 Å². The molecule has 7 nitrogen and oxygen atoms in total. The summed E-state index contributed by atoms with van der Waals surface area (Å²) in [6.45, 7) is 4.77. The van der Waals surface area contributed by atoms with Crippen LogP contribution in [-0.4, -0.2) is 49.5 Å². The summed E-state index contributed by atoms with van der Waals surface area (Å²) >= 11 is 6.43. The average molecular weight is 578 g/mol. The summed E-state index contributed by atoms with van der Waals surface area (Å²) in [5, 5.41) is 19.1. The van der Waals surface area contributed by atoms with E-state index in [1.807, 2.05) is 37.3 Å². The van der Waals surface area contributed by atoms with Crippen molar-refractivity contribution in [2.45, 2.75) is 69.8 Å². The molecule has 11 heteroatoms. The molecule has 4 saturated carbocycles. The molecule has 2 aromatic heterocycles. The van der Waals surface area contributed by atoms with Crippen LogP contribution in [0.15, 0.2) is 30.3 Å². The zero-order chi connectivity index (χ0) is 28.2. The Kier molecular flexibility index (Phi) is 4.32. The molecule has 1 saturated heterocycles. The maximum atomic E-state index is 13.9. The zero-order valence-electron chi connectivity index (χ0n) is 22.5. The van der Waals surface area contributed by atoms with Gasteiger partial charge < -0.3 is 4.90 Å². The first-order chi connectivity index (χ1) is 19.5. The van der Waals surface area contributed by atoms with Crippen LogP contribution >= 0.6 is 11.6 Å². The van der Waals surface area contributed by atoms with E-state index in [0.717, 1.165) is 60.3 Å². The molecule has 6 aliphatic rings. The third kappa shape index (κ3) is 2.87. The van der Waals surface area contributed by atoms with Crippen molar-refractivity contribution in [1.29, 1.82) is 5.26 Å². The van der Waals surface area contributed by atoms with Crippen LogP contribution in [0.25, 0.3) is 5.69 Å². The molecule has 4 aliphatic carbocycles. The van der Waals surface area contributed by atoms with Crippen molar-refractivity contribution in [3.63, 3.8) is 0 Å². The zero-order valence-corrected chi connectivity index (χ0v) is 23.2. The minimum absolute atomic E-state index is 0.190. The predicted molar refractivity (Wildman–Crippen MR) is 143 cm³/mol. The van der Waals surface area contributed by atoms with E-state index in [1.165, 1.54) is 0 Å². The molecule has 0 radical (unpaired) electrons. The number of pyridine rings is 1. The lowest BCUT2D eigenvalue weighted by atomic mass is 9.57. The van der Waals surface area contributed by atoms with Gasteiger partial charge >= 0.3 is 6.18 Å². The van der Waals surface area contributed by atoms with E-state index >= 15 is 0 Å². The Hall–Kier alpha value is -3.16. The van der Waals surface area contributed by atoms with Gasteiger partial charge in [0.2, 0.25) is 0 Å². The van der Waals surface area contributed by atoms with E-state index in [-0.39, 0.29) is 24.2 Å². The van der Waals surface area contributed by atoms with Crippen molar-refractivity contribution >= 4 is 17.4 Å². The number of nitrogens with zero attached hydrogens (tertiary/aromatic N) is 7. The lowest BCUT2D eigenvalue weighted by molar-refractivity contribution is -0.220. The number of nitriles is 1. The Labute approximate surface area is 239 Å². The van der Waals surface area contributed by atoms with Gasteiger partial charge in [0.15, 0.2) is 5.82 Å². The number of rotatable bonds is 3. The number of aromatic nitrogens is 4. The minimum atomic E-state index is -4.13. The van der Waals surface area contributed by atoms with Crippen LogP contribution in [0.3, 0.4) is 0 Å². The van der Waals surface area contributed by atoms with Crippen LogP contribution in [-0.2, 0) is 13.1 Å². The van der Waals surface area contributed by atoms with Gasteiger partial charge in [-0.25, -0.2) is 4.98 Å². The number of anilines is 1. The fourth-order valence-corrected chi connectivity index (χ4v) is 9.60. The van der Waals surface area contributed by atoms with Crippen LogP contribution in [0.5, 0.6) is 0 Å². The smallest absolute Gasteiger partial charge is 0.355 e. The highest BCUT2D eigenvalue weighted by atomic mass is 35.5. The van der Waals surface area contributed by atoms with E-state index in [9.17, 15) is 18.4 Å². The highest BCUT2D eigenvalue weighted by molar-refractivity contribution is 6.30. The van der Waals surface area contributed by atoms with Crippen molar-refractivity contribution in [1.82, 2.24) is 24.6 Å². The van der Waals surface area contributed by atoms with Gasteiger partial charge in [-0.2, -0.15) is 18.4 Å². The van der Waals surface area contributed by atoms with Gasteiger partial charge in [-0.1, -0.05) is 11.6 Å². The van der Waals surface area contributed by atoms with Crippen molar-refractivity contribution < 1.29 is 13.2 Å². The van der Waals surface area contributed by atoms with E-state index in [4.69, 9.17) is 11.6 Å². The monoisotopic (exact) mass is 577 g/mol. The second-order valence-corrected chi connectivity index (χ2v) is 14.0. The topological polar surface area (TPSA) is 73.9 Å². The quantitative estimate of drug-likeness (QED) is 0.399. The number of hydrogen-bond donors (Lipinski definition) is 0. The normalized spacial score (nSPS) is 32.3. The van der Waals surface area contributed by atoms with Gasteiger partial charge in [0.25, 0.3) is 0 Å². The molecule has 3 aromatic rings. The Bertz CT molecular complexity index is 1710. The van der Waals surface area contributed by atoms with Crippen molar-refractivity contribution in [2.75, 3.05) is 18.0 Å². The molecule has 2 spiro atoms. The Balaban J connectivity index is 0.975. The minimum Gasteiger partial charge on any atom is -0.355 e. The molecule has 0 bridgehead atoms. The SMILES string of the molecule is Cc1nc(N2CC3(CC(c4nnc5n4-c4ccc(Cl)cc4CN(C46CC7(C(F)(F)F)CC47C6)C5)C3)C2)ccc1C#N. The fraction of sp³-hybridized carbons (Fsp3) is 0.533. The largest absolute Gasteiger partial charge is 0.395 e. The first-order valence-corrected chi connectivity index (χ1v) is 14.6. The Morgan fingerprint density at radius 1 is 1.05 bits per heavy atom. The van der Waals surface area contributed by atoms with E-state index in [2.05, 4.69) is 35.6 Å². The molecule has 1 aromatic carbocycles. The average Bonchev–Trinajstić information content (AvgIpc) is 3.56. The van der Waals surface area contributed by atoms with E-state index < -0.39 is 22.5 Å². The molecule has 210 valence electrons. The van der Waals surface area contributed by atoms with E-state index in [1.54, 1.807) is 0 Å². The molecule has 41 heavy (non-hydrogen) atoms. The Morgan fingerprint density at radius 2 is 1.85 bits per heavy atom. The number of hydrogen-bond acceptors (Lipinski definition) is 6. The third-order valence-electron chi connectivity index (χ3n) is 11.5. The molecule has 3 atom stereocenters. The summed E-state index contributed by atoms with van der Waals surface area (Å²) < 4.78 is 43.8. The van der Waals surface area contributed by atoms with Crippen LogP contribution in [0, 0.1) is 34.5 Å². The van der Waals surface area contributed by atoms with Crippen molar-refractivity contribution in [2.24, 2.45) is 16.2 Å². The summed E-state index contributed by atoms with van der Waals surface area (Å²) in [4.78, 5) is 9.14. The second-order valence-electron chi connectivity index (χ2n) is 13.5. The number of alkyl halides is 3. The molecule has 5 fully saturated rings. The summed E-state index contributed by atoms with van der Waals surface area (Å²) in [5.74, 6) is 2.92. The van der Waals surface area contributed by atoms with Crippen LogP contribution in [0.2, 0.25) is 5.02 Å². The van der Waals surface area contributed by atoms with Gasteiger partial charge in [0.05, 0.1) is 28.9 Å². The predicted octanol–water partition coefficient (Wildman–Crippen LogP) is 5.68. The number of fused-ring (bicyclic) bond motifs is 3. The summed E-state index contributed by atoms with van der Waals surface area (Å²) in [6.07, 6.45) is -1.05. The van der Waals surface area contributed by atoms with Crippen molar-refractivity contribution in [3.05, 3.63) is 63.8 Å². The molecular formula is C30H27ClF3N7. The third-order valence-corrected chi connectivity index (χ3v) is 11.8. The number of halogens is 4. The lowest BCUT2D eigenvalue weighted by Crippen LogP contribution is -2.62. The standard InChI is InChI=1S/C30H27ClF3N7/c1-17-18(9-35)2-5-23(36-17)39-15-26(16-39)7-20(8-26)25-38-37-24-11-40(10-19-6-21(31)3-4-22(19)41(24)25)29-13-27(29)12-28(27,14-29)30(32,33)34/h2-6,20H,7-8,10-16H2,1H3. The van der Waals surface area contributed by atoms with Gasteiger partial charge in [0, 0.05) is 46.9 Å². The number of benzene rings is 1. The summed E-state index contributed by atoms with van der Waals surface area (Å²) in [6, 6.07) is 11.8.